The van der Waals surface area contributed by atoms with E-state index in [4.69, 9.17) is 9.47 Å². The van der Waals surface area contributed by atoms with Crippen LogP contribution in [0.4, 0.5) is 14.5 Å². The normalized spacial score (nSPS) is 11.9. The summed E-state index contributed by atoms with van der Waals surface area (Å²) in [5.41, 5.74) is 0.979. The van der Waals surface area contributed by atoms with Gasteiger partial charge in [-0.2, -0.15) is 0 Å². The van der Waals surface area contributed by atoms with Crippen molar-refractivity contribution in [3.63, 3.8) is 0 Å². The number of carbonyl (C=O) groups is 2. The molecule has 0 fully saturated rings. The van der Waals surface area contributed by atoms with E-state index >= 15 is 0 Å². The van der Waals surface area contributed by atoms with Crippen LogP contribution in [0.1, 0.15) is 36.7 Å². The molecule has 0 aliphatic carbocycles. The number of benzene rings is 2. The molecule has 7 heteroatoms. The molecule has 0 heterocycles. The number of amides is 1. The van der Waals surface area contributed by atoms with Gasteiger partial charge in [0.2, 0.25) is 0 Å². The van der Waals surface area contributed by atoms with Crippen LogP contribution in [0.5, 0.6) is 0 Å². The van der Waals surface area contributed by atoms with Gasteiger partial charge in [-0.1, -0.05) is 12.1 Å². The molecule has 0 radical (unpaired) electrons. The third kappa shape index (κ3) is 6.14. The number of anilines is 1. The summed E-state index contributed by atoms with van der Waals surface area (Å²) in [6.45, 7) is 5.64. The summed E-state index contributed by atoms with van der Waals surface area (Å²) in [4.78, 5) is 24.2. The van der Waals surface area contributed by atoms with Crippen molar-refractivity contribution in [1.82, 2.24) is 0 Å². The number of ether oxygens (including phenoxy) is 2. The minimum absolute atomic E-state index is 0.0972. The maximum absolute atomic E-state index is 13.6. The highest BCUT2D eigenvalue weighted by molar-refractivity contribution is 5.97. The van der Waals surface area contributed by atoms with Gasteiger partial charge in [0.25, 0.3) is 5.91 Å². The molecule has 1 atom stereocenters. The Balaban J connectivity index is 1.93. The number of esters is 1. The van der Waals surface area contributed by atoms with E-state index in [0.717, 1.165) is 17.7 Å². The van der Waals surface area contributed by atoms with Crippen LogP contribution in [0.15, 0.2) is 42.5 Å². The van der Waals surface area contributed by atoms with E-state index in [9.17, 15) is 18.4 Å². The van der Waals surface area contributed by atoms with Crippen molar-refractivity contribution in [3.8, 4) is 0 Å². The molecule has 5 nitrogen and oxygen atoms in total. The van der Waals surface area contributed by atoms with Gasteiger partial charge in [-0.3, -0.25) is 4.79 Å². The number of hydrogen-bond acceptors (Lipinski definition) is 4. The first-order chi connectivity index (χ1) is 12.8. The van der Waals surface area contributed by atoms with Crippen LogP contribution < -0.4 is 5.32 Å². The first-order valence-electron chi connectivity index (χ1n) is 8.43. The third-order valence-electron chi connectivity index (χ3n) is 3.62. The SMILES string of the molecule is CC(C)OCc1ccc(C(=O)O[C@@H](C)C(=O)Nc2ccc(F)cc2F)cc1. The van der Waals surface area contributed by atoms with Gasteiger partial charge in [-0.25, -0.2) is 13.6 Å². The van der Waals surface area contributed by atoms with E-state index in [-0.39, 0.29) is 17.4 Å². The van der Waals surface area contributed by atoms with Crippen LogP contribution in [0.2, 0.25) is 0 Å². The average Bonchev–Trinajstić information content (AvgIpc) is 2.62. The highest BCUT2D eigenvalue weighted by atomic mass is 19.1. The maximum Gasteiger partial charge on any atom is 0.338 e. The quantitative estimate of drug-likeness (QED) is 0.739. The molecular formula is C20H21F2NO4. The summed E-state index contributed by atoms with van der Waals surface area (Å²) in [5.74, 6) is -3.09. The van der Waals surface area contributed by atoms with Crippen molar-refractivity contribution in [2.75, 3.05) is 5.32 Å². The minimum Gasteiger partial charge on any atom is -0.449 e. The first-order valence-corrected chi connectivity index (χ1v) is 8.43. The molecule has 2 rings (SSSR count). The van der Waals surface area contributed by atoms with Crippen LogP contribution in [-0.4, -0.2) is 24.1 Å². The molecule has 0 saturated carbocycles. The fraction of sp³-hybridized carbons (Fsp3) is 0.300. The Bertz CT molecular complexity index is 806. The molecule has 0 aromatic heterocycles. The Morgan fingerprint density at radius 1 is 1.04 bits per heavy atom. The molecule has 144 valence electrons. The summed E-state index contributed by atoms with van der Waals surface area (Å²) < 4.78 is 37.0. The summed E-state index contributed by atoms with van der Waals surface area (Å²) in [7, 11) is 0. The zero-order chi connectivity index (χ0) is 20.0. The van der Waals surface area contributed by atoms with Crippen molar-refractivity contribution in [3.05, 3.63) is 65.2 Å². The summed E-state index contributed by atoms with van der Waals surface area (Å²) >= 11 is 0. The molecule has 0 aliphatic heterocycles. The van der Waals surface area contributed by atoms with Gasteiger partial charge in [0.1, 0.15) is 11.6 Å². The predicted octanol–water partition coefficient (Wildman–Crippen LogP) is 4.07. The molecule has 1 amide bonds. The summed E-state index contributed by atoms with van der Waals surface area (Å²) in [5, 5.41) is 2.26. The van der Waals surface area contributed by atoms with Gasteiger partial charge in [0.15, 0.2) is 6.10 Å². The lowest BCUT2D eigenvalue weighted by Crippen LogP contribution is -2.30. The van der Waals surface area contributed by atoms with Crippen LogP contribution >= 0.6 is 0 Å². The molecule has 0 bridgehead atoms. The zero-order valence-electron chi connectivity index (χ0n) is 15.3. The highest BCUT2D eigenvalue weighted by Crippen LogP contribution is 2.16. The molecule has 0 saturated heterocycles. The van der Waals surface area contributed by atoms with Gasteiger partial charge < -0.3 is 14.8 Å². The smallest absolute Gasteiger partial charge is 0.338 e. The van der Waals surface area contributed by atoms with E-state index in [0.29, 0.717) is 12.7 Å². The molecule has 0 aliphatic rings. The minimum atomic E-state index is -1.16. The standard InChI is InChI=1S/C20H21F2NO4/c1-12(2)26-11-14-4-6-15(7-5-14)20(25)27-13(3)19(24)23-18-9-8-16(21)10-17(18)22/h4-10,12-13H,11H2,1-3H3,(H,23,24)/t13-/m0/s1. The van der Waals surface area contributed by atoms with Crippen LogP contribution in [0.25, 0.3) is 0 Å². The maximum atomic E-state index is 13.6. The number of nitrogens with one attached hydrogen (secondary N) is 1. The van der Waals surface area contributed by atoms with Crippen LogP contribution in [0.3, 0.4) is 0 Å². The van der Waals surface area contributed by atoms with Gasteiger partial charge >= 0.3 is 5.97 Å². The lowest BCUT2D eigenvalue weighted by molar-refractivity contribution is -0.123. The Morgan fingerprint density at radius 3 is 2.30 bits per heavy atom. The number of rotatable bonds is 7. The Kier molecular flexibility index (Phi) is 7.01. The first kappa shape index (κ1) is 20.5. The molecule has 0 unspecified atom stereocenters. The van der Waals surface area contributed by atoms with Crippen LogP contribution in [0, 0.1) is 11.6 Å². The molecule has 27 heavy (non-hydrogen) atoms. The van der Waals surface area contributed by atoms with E-state index < -0.39 is 29.6 Å². The van der Waals surface area contributed by atoms with E-state index in [1.165, 1.54) is 6.92 Å². The highest BCUT2D eigenvalue weighted by Gasteiger charge is 2.20. The van der Waals surface area contributed by atoms with E-state index in [2.05, 4.69) is 5.32 Å². The Labute approximate surface area is 156 Å². The van der Waals surface area contributed by atoms with E-state index in [1.807, 2.05) is 13.8 Å². The van der Waals surface area contributed by atoms with Crippen molar-refractivity contribution in [2.45, 2.75) is 39.6 Å². The largest absolute Gasteiger partial charge is 0.449 e. The van der Waals surface area contributed by atoms with Gasteiger partial charge in [-0.05, 0) is 50.6 Å². The second-order valence-corrected chi connectivity index (χ2v) is 6.22. The fourth-order valence-electron chi connectivity index (χ4n) is 2.11. The van der Waals surface area contributed by atoms with Crippen molar-refractivity contribution < 1.29 is 27.8 Å². The second kappa shape index (κ2) is 9.23. The van der Waals surface area contributed by atoms with Crippen molar-refractivity contribution in [2.24, 2.45) is 0 Å². The number of halogens is 2. The molecular weight excluding hydrogens is 356 g/mol. The van der Waals surface area contributed by atoms with Crippen LogP contribution in [-0.2, 0) is 20.9 Å². The Hall–Kier alpha value is -2.80. The van der Waals surface area contributed by atoms with E-state index in [1.54, 1.807) is 24.3 Å². The molecule has 2 aromatic carbocycles. The van der Waals surface area contributed by atoms with Gasteiger partial charge in [0, 0.05) is 6.07 Å². The monoisotopic (exact) mass is 377 g/mol. The van der Waals surface area contributed by atoms with Gasteiger partial charge in [0.05, 0.1) is 24.0 Å². The molecule has 0 spiro atoms. The fourth-order valence-corrected chi connectivity index (χ4v) is 2.11. The number of hydrogen-bond donors (Lipinski definition) is 1. The lowest BCUT2D eigenvalue weighted by Gasteiger charge is -2.14. The van der Waals surface area contributed by atoms with Gasteiger partial charge in [-0.15, -0.1) is 0 Å². The topological polar surface area (TPSA) is 64.6 Å². The predicted molar refractivity (Wildman–Crippen MR) is 96.2 cm³/mol. The number of carbonyl (C=O) groups excluding carboxylic acids is 2. The Morgan fingerprint density at radius 2 is 1.70 bits per heavy atom. The summed E-state index contributed by atoms with van der Waals surface area (Å²) in [6.07, 6.45) is -1.06. The third-order valence-corrected chi connectivity index (χ3v) is 3.62. The zero-order valence-corrected chi connectivity index (χ0v) is 15.3. The van der Waals surface area contributed by atoms with Crippen molar-refractivity contribution in [1.29, 1.82) is 0 Å². The molecule has 1 N–H and O–H groups in total. The second-order valence-electron chi connectivity index (χ2n) is 6.22. The average molecular weight is 377 g/mol. The lowest BCUT2D eigenvalue weighted by atomic mass is 10.1. The summed E-state index contributed by atoms with van der Waals surface area (Å²) in [6, 6.07) is 9.37. The van der Waals surface area contributed by atoms with Crippen molar-refractivity contribution >= 4 is 17.6 Å². The molecule has 2 aromatic rings.